The third-order valence-corrected chi connectivity index (χ3v) is 5.71. The van der Waals surface area contributed by atoms with Crippen LogP contribution in [0.1, 0.15) is 26.4 Å². The van der Waals surface area contributed by atoms with Gasteiger partial charge < -0.3 is 9.47 Å². The molecule has 0 fully saturated rings. The molecule has 2 heterocycles. The van der Waals surface area contributed by atoms with E-state index < -0.39 is 0 Å². The van der Waals surface area contributed by atoms with Crippen LogP contribution in [0.25, 0.3) is 6.08 Å². The van der Waals surface area contributed by atoms with Gasteiger partial charge in [0, 0.05) is 17.0 Å². The van der Waals surface area contributed by atoms with Gasteiger partial charge in [-0.2, -0.15) is 0 Å². The van der Waals surface area contributed by atoms with Crippen molar-refractivity contribution in [2.45, 2.75) is 13.5 Å². The Balaban J connectivity index is 1.56. The zero-order valence-electron chi connectivity index (χ0n) is 14.3. The van der Waals surface area contributed by atoms with Gasteiger partial charge in [-0.3, -0.25) is 4.79 Å². The number of Topliss-reactive ketones (excluding diaryl/α,β-unsaturated/α-hetero) is 1. The molecular formula is C21H14Cl2O3S. The second-order valence-corrected chi connectivity index (χ2v) is 7.90. The maximum atomic E-state index is 12.6. The van der Waals surface area contributed by atoms with Crippen molar-refractivity contribution in [1.29, 1.82) is 0 Å². The van der Waals surface area contributed by atoms with E-state index in [4.69, 9.17) is 32.7 Å². The summed E-state index contributed by atoms with van der Waals surface area (Å²) < 4.78 is 11.7. The van der Waals surface area contributed by atoms with Gasteiger partial charge in [0.2, 0.25) is 5.78 Å². The molecule has 27 heavy (non-hydrogen) atoms. The zero-order valence-corrected chi connectivity index (χ0v) is 16.6. The summed E-state index contributed by atoms with van der Waals surface area (Å²) in [6.07, 6.45) is 1.77. The first-order chi connectivity index (χ1) is 13.0. The first-order valence-corrected chi connectivity index (χ1v) is 9.84. The predicted molar refractivity (Wildman–Crippen MR) is 109 cm³/mol. The first-order valence-electron chi connectivity index (χ1n) is 8.20. The lowest BCUT2D eigenvalue weighted by molar-refractivity contribution is 0.101. The Morgan fingerprint density at radius 2 is 2.00 bits per heavy atom. The number of ketones is 1. The number of ether oxygens (including phenoxy) is 2. The van der Waals surface area contributed by atoms with Crippen molar-refractivity contribution in [1.82, 2.24) is 0 Å². The van der Waals surface area contributed by atoms with Crippen LogP contribution < -0.4 is 9.47 Å². The highest BCUT2D eigenvalue weighted by Crippen LogP contribution is 2.38. The summed E-state index contributed by atoms with van der Waals surface area (Å²) in [4.78, 5) is 13.6. The normalized spacial score (nSPS) is 14.3. The minimum absolute atomic E-state index is 0.105. The van der Waals surface area contributed by atoms with Crippen molar-refractivity contribution < 1.29 is 14.3 Å². The molecular weight excluding hydrogens is 403 g/mol. The number of carbonyl (C=O) groups excluding carboxylic acids is 1. The monoisotopic (exact) mass is 416 g/mol. The molecule has 3 nitrogen and oxygen atoms in total. The maximum absolute atomic E-state index is 12.6. The maximum Gasteiger partial charge on any atom is 0.232 e. The Kier molecular flexibility index (Phi) is 4.96. The van der Waals surface area contributed by atoms with Crippen LogP contribution in [0.5, 0.6) is 11.5 Å². The minimum atomic E-state index is -0.105. The summed E-state index contributed by atoms with van der Waals surface area (Å²) >= 11 is 13.5. The molecule has 0 amide bonds. The average molecular weight is 417 g/mol. The predicted octanol–water partition coefficient (Wildman–Crippen LogP) is 6.56. The van der Waals surface area contributed by atoms with Crippen LogP contribution in [0.3, 0.4) is 0 Å². The fourth-order valence-electron chi connectivity index (χ4n) is 2.86. The molecule has 3 aromatic rings. The van der Waals surface area contributed by atoms with Crippen LogP contribution in [-0.4, -0.2) is 5.78 Å². The van der Waals surface area contributed by atoms with Gasteiger partial charge in [0.15, 0.2) is 5.76 Å². The van der Waals surface area contributed by atoms with E-state index in [2.05, 4.69) is 0 Å². The number of allylic oxidation sites excluding steroid dienone is 1. The third-order valence-electron chi connectivity index (χ3n) is 4.15. The van der Waals surface area contributed by atoms with Crippen molar-refractivity contribution in [3.05, 3.63) is 85.2 Å². The lowest BCUT2D eigenvalue weighted by Gasteiger charge is -2.10. The number of thiophene rings is 1. The van der Waals surface area contributed by atoms with Crippen molar-refractivity contribution in [2.24, 2.45) is 0 Å². The summed E-state index contributed by atoms with van der Waals surface area (Å²) in [6.45, 7) is 2.21. The molecule has 0 N–H and O–H groups in total. The van der Waals surface area contributed by atoms with E-state index in [1.807, 2.05) is 36.6 Å². The largest absolute Gasteiger partial charge is 0.489 e. The SMILES string of the molecule is Cc1cc(OCc2ccc(Cl)c(Cl)c2)cc2c1C(=O)/C(=C/c1cccs1)O2. The third kappa shape index (κ3) is 3.74. The molecule has 0 spiro atoms. The summed E-state index contributed by atoms with van der Waals surface area (Å²) in [6, 6.07) is 12.8. The van der Waals surface area contributed by atoms with Crippen molar-refractivity contribution in [3.8, 4) is 11.5 Å². The average Bonchev–Trinajstić information content (AvgIpc) is 3.25. The van der Waals surface area contributed by atoms with E-state index in [0.717, 1.165) is 16.0 Å². The van der Waals surface area contributed by atoms with Gasteiger partial charge in [-0.05, 0) is 47.7 Å². The van der Waals surface area contributed by atoms with Crippen LogP contribution in [0.4, 0.5) is 0 Å². The Hall–Kier alpha value is -2.27. The summed E-state index contributed by atoms with van der Waals surface area (Å²) in [7, 11) is 0. The quantitative estimate of drug-likeness (QED) is 0.451. The highest BCUT2D eigenvalue weighted by atomic mass is 35.5. The first kappa shape index (κ1) is 18.1. The van der Waals surface area contributed by atoms with E-state index in [1.54, 1.807) is 35.6 Å². The van der Waals surface area contributed by atoms with Crippen LogP contribution in [0.15, 0.2) is 53.6 Å². The molecule has 4 rings (SSSR count). The topological polar surface area (TPSA) is 35.5 Å². The summed E-state index contributed by atoms with van der Waals surface area (Å²) in [5, 5.41) is 2.95. The number of halogens is 2. The minimum Gasteiger partial charge on any atom is -0.489 e. The number of hydrogen-bond donors (Lipinski definition) is 0. The molecule has 0 aliphatic carbocycles. The summed E-state index contributed by atoms with van der Waals surface area (Å²) in [5.74, 6) is 1.37. The van der Waals surface area contributed by atoms with Gasteiger partial charge in [-0.15, -0.1) is 11.3 Å². The van der Waals surface area contributed by atoms with Gasteiger partial charge in [0.25, 0.3) is 0 Å². The number of hydrogen-bond acceptors (Lipinski definition) is 4. The number of rotatable bonds is 4. The Bertz CT molecular complexity index is 1060. The molecule has 0 saturated carbocycles. The molecule has 6 heteroatoms. The number of carbonyl (C=O) groups is 1. The molecule has 0 saturated heterocycles. The molecule has 1 aliphatic rings. The van der Waals surface area contributed by atoms with E-state index in [9.17, 15) is 4.79 Å². The molecule has 0 atom stereocenters. The van der Waals surface area contributed by atoms with E-state index in [1.165, 1.54) is 0 Å². The van der Waals surface area contributed by atoms with Crippen LogP contribution in [0, 0.1) is 6.92 Å². The van der Waals surface area contributed by atoms with Gasteiger partial charge in [0.05, 0.1) is 15.6 Å². The van der Waals surface area contributed by atoms with E-state index in [-0.39, 0.29) is 5.78 Å². The number of benzene rings is 2. The second kappa shape index (κ2) is 7.39. The molecule has 136 valence electrons. The van der Waals surface area contributed by atoms with E-state index >= 15 is 0 Å². The summed E-state index contributed by atoms with van der Waals surface area (Å²) in [5.41, 5.74) is 2.30. The lowest BCUT2D eigenvalue weighted by Crippen LogP contribution is -2.00. The van der Waals surface area contributed by atoms with Gasteiger partial charge in [-0.1, -0.05) is 35.3 Å². The van der Waals surface area contributed by atoms with Crippen LogP contribution >= 0.6 is 34.5 Å². The molecule has 1 aromatic heterocycles. The smallest absolute Gasteiger partial charge is 0.232 e. The number of fused-ring (bicyclic) bond motifs is 1. The number of aryl methyl sites for hydroxylation is 1. The molecule has 2 aromatic carbocycles. The zero-order chi connectivity index (χ0) is 19.0. The second-order valence-electron chi connectivity index (χ2n) is 6.11. The Labute approximate surface area is 170 Å². The highest BCUT2D eigenvalue weighted by Gasteiger charge is 2.30. The van der Waals surface area contributed by atoms with Crippen LogP contribution in [0.2, 0.25) is 10.0 Å². The van der Waals surface area contributed by atoms with Gasteiger partial charge in [-0.25, -0.2) is 0 Å². The van der Waals surface area contributed by atoms with Crippen LogP contribution in [-0.2, 0) is 6.61 Å². The van der Waals surface area contributed by atoms with Gasteiger partial charge >= 0.3 is 0 Å². The Morgan fingerprint density at radius 1 is 1.15 bits per heavy atom. The van der Waals surface area contributed by atoms with Gasteiger partial charge in [0.1, 0.15) is 18.1 Å². The van der Waals surface area contributed by atoms with Crippen molar-refractivity contribution in [3.63, 3.8) is 0 Å². The highest BCUT2D eigenvalue weighted by molar-refractivity contribution is 7.10. The standard InChI is InChI=1S/C21H14Cl2O3S/c1-12-7-14(25-11-13-4-5-16(22)17(23)8-13)9-18-20(12)21(24)19(26-18)10-15-3-2-6-27-15/h2-10H,11H2,1H3/b19-10-. The fraction of sp³-hybridized carbons (Fsp3) is 0.0952. The van der Waals surface area contributed by atoms with Crippen molar-refractivity contribution in [2.75, 3.05) is 0 Å². The molecule has 0 bridgehead atoms. The molecule has 0 unspecified atom stereocenters. The lowest BCUT2D eigenvalue weighted by atomic mass is 10.0. The molecule has 0 radical (unpaired) electrons. The molecule has 1 aliphatic heterocycles. The van der Waals surface area contributed by atoms with Crippen molar-refractivity contribution >= 4 is 46.4 Å². The fourth-order valence-corrected chi connectivity index (χ4v) is 3.83. The van der Waals surface area contributed by atoms with E-state index in [0.29, 0.717) is 39.5 Å². The Morgan fingerprint density at radius 3 is 2.74 bits per heavy atom.